The van der Waals surface area contributed by atoms with Crippen LogP contribution in [0.1, 0.15) is 36.4 Å². The maximum absolute atomic E-state index is 4.61. The monoisotopic (exact) mass is 444 g/mol. The normalized spacial score (nSPS) is 11.3. The summed E-state index contributed by atoms with van der Waals surface area (Å²) in [6, 6.07) is 2.10. The molecule has 0 spiro atoms. The quantitative estimate of drug-likeness (QED) is 0.409. The summed E-state index contributed by atoms with van der Waals surface area (Å²) in [4.78, 5) is 4.30. The molecule has 0 aliphatic carbocycles. The van der Waals surface area contributed by atoms with Gasteiger partial charge in [-0.05, 0) is 24.5 Å². The molecule has 2 N–H and O–H groups in total. The van der Waals surface area contributed by atoms with Gasteiger partial charge in [-0.3, -0.25) is 9.67 Å². The van der Waals surface area contributed by atoms with Crippen LogP contribution in [0.25, 0.3) is 0 Å². The molecule has 24 heavy (non-hydrogen) atoms. The molecule has 2 aromatic rings. The van der Waals surface area contributed by atoms with Crippen LogP contribution >= 0.6 is 24.0 Å². The molecule has 0 fully saturated rings. The lowest BCUT2D eigenvalue weighted by atomic mass is 10.1. The summed E-state index contributed by atoms with van der Waals surface area (Å²) in [6.45, 7) is 5.82. The van der Waals surface area contributed by atoms with E-state index in [9.17, 15) is 0 Å². The molecule has 2 rings (SSSR count). The lowest BCUT2D eigenvalue weighted by molar-refractivity contribution is 0.702. The van der Waals surface area contributed by atoms with Crippen LogP contribution in [0.3, 0.4) is 0 Å². The van der Waals surface area contributed by atoms with Gasteiger partial charge in [0, 0.05) is 57.9 Å². The van der Waals surface area contributed by atoms with Crippen LogP contribution in [-0.2, 0) is 40.0 Å². The molecular formula is C17H29IN6. The topological polar surface area (TPSA) is 59.2 Å². The number of guanidine groups is 1. The zero-order valence-corrected chi connectivity index (χ0v) is 17.6. The minimum atomic E-state index is 0. The number of aliphatic imine (C=N–C) groups is 1. The second-order valence-electron chi connectivity index (χ2n) is 5.67. The largest absolute Gasteiger partial charge is 0.357 e. The predicted molar refractivity (Wildman–Crippen MR) is 110 cm³/mol. The van der Waals surface area contributed by atoms with E-state index in [0.717, 1.165) is 37.6 Å². The smallest absolute Gasteiger partial charge is 0.191 e. The number of halogens is 1. The maximum Gasteiger partial charge on any atom is 0.191 e. The van der Waals surface area contributed by atoms with Crippen LogP contribution in [0.4, 0.5) is 0 Å². The molecule has 0 unspecified atom stereocenters. The number of rotatable bonds is 6. The van der Waals surface area contributed by atoms with Crippen molar-refractivity contribution in [2.45, 2.75) is 39.8 Å². The van der Waals surface area contributed by atoms with Crippen molar-refractivity contribution in [3.63, 3.8) is 0 Å². The first-order valence-corrected chi connectivity index (χ1v) is 8.18. The van der Waals surface area contributed by atoms with Crippen molar-refractivity contribution in [3.05, 3.63) is 41.0 Å². The van der Waals surface area contributed by atoms with Crippen molar-refractivity contribution in [2.75, 3.05) is 7.05 Å². The molecular weight excluding hydrogens is 415 g/mol. The van der Waals surface area contributed by atoms with E-state index in [0.29, 0.717) is 0 Å². The zero-order valence-electron chi connectivity index (χ0n) is 15.3. The summed E-state index contributed by atoms with van der Waals surface area (Å²) < 4.78 is 4.04. The molecule has 0 aromatic carbocycles. The average Bonchev–Trinajstić information content (AvgIpc) is 3.10. The van der Waals surface area contributed by atoms with Gasteiger partial charge in [-0.1, -0.05) is 13.8 Å². The van der Waals surface area contributed by atoms with Crippen LogP contribution in [0.15, 0.2) is 23.5 Å². The molecule has 0 saturated heterocycles. The van der Waals surface area contributed by atoms with Gasteiger partial charge in [-0.15, -0.1) is 24.0 Å². The molecule has 7 heteroatoms. The Morgan fingerprint density at radius 2 is 1.88 bits per heavy atom. The summed E-state index contributed by atoms with van der Waals surface area (Å²) in [5, 5.41) is 11.4. The highest BCUT2D eigenvalue weighted by Crippen LogP contribution is 2.15. The van der Waals surface area contributed by atoms with E-state index in [2.05, 4.69) is 46.8 Å². The van der Waals surface area contributed by atoms with E-state index in [1.807, 2.05) is 29.5 Å². The molecule has 0 atom stereocenters. The van der Waals surface area contributed by atoms with Crippen molar-refractivity contribution in [1.29, 1.82) is 0 Å². The molecule has 0 amide bonds. The molecule has 134 valence electrons. The van der Waals surface area contributed by atoms with Crippen LogP contribution in [0, 0.1) is 0 Å². The molecule has 0 saturated carbocycles. The Balaban J connectivity index is 0.00000288. The Bertz CT molecular complexity index is 671. The summed E-state index contributed by atoms with van der Waals surface area (Å²) in [5.74, 6) is 0.807. The van der Waals surface area contributed by atoms with Crippen molar-refractivity contribution in [2.24, 2.45) is 19.1 Å². The van der Waals surface area contributed by atoms with Crippen LogP contribution in [0.2, 0.25) is 0 Å². The van der Waals surface area contributed by atoms with Crippen molar-refractivity contribution < 1.29 is 0 Å². The molecule has 0 radical (unpaired) electrons. The second-order valence-corrected chi connectivity index (χ2v) is 5.67. The van der Waals surface area contributed by atoms with Gasteiger partial charge in [-0.25, -0.2) is 0 Å². The number of hydrogen-bond acceptors (Lipinski definition) is 2. The van der Waals surface area contributed by atoms with E-state index in [1.165, 1.54) is 16.8 Å². The van der Waals surface area contributed by atoms with Gasteiger partial charge in [-0.2, -0.15) is 5.10 Å². The summed E-state index contributed by atoms with van der Waals surface area (Å²) in [6.07, 6.45) is 6.08. The summed E-state index contributed by atoms with van der Waals surface area (Å²) >= 11 is 0. The van der Waals surface area contributed by atoms with E-state index in [1.54, 1.807) is 7.05 Å². The first-order valence-electron chi connectivity index (χ1n) is 8.18. The lowest BCUT2D eigenvalue weighted by Gasteiger charge is -2.12. The third-order valence-electron chi connectivity index (χ3n) is 4.04. The van der Waals surface area contributed by atoms with Crippen molar-refractivity contribution in [1.82, 2.24) is 25.0 Å². The SMILES string of the molecule is CCc1nn(C)c(CC)c1CNC(=NC)NCc1ccn(C)c1.I. The van der Waals surface area contributed by atoms with E-state index in [4.69, 9.17) is 0 Å². The molecule has 0 aliphatic heterocycles. The van der Waals surface area contributed by atoms with Crippen LogP contribution < -0.4 is 10.6 Å². The Hall–Kier alpha value is -1.51. The third-order valence-corrected chi connectivity index (χ3v) is 4.04. The summed E-state index contributed by atoms with van der Waals surface area (Å²) in [7, 11) is 5.84. The van der Waals surface area contributed by atoms with Gasteiger partial charge in [0.25, 0.3) is 0 Å². The number of nitrogens with one attached hydrogen (secondary N) is 2. The van der Waals surface area contributed by atoms with Gasteiger partial charge >= 0.3 is 0 Å². The number of aryl methyl sites for hydroxylation is 3. The zero-order chi connectivity index (χ0) is 16.8. The highest BCUT2D eigenvalue weighted by atomic mass is 127. The maximum atomic E-state index is 4.61. The number of aromatic nitrogens is 3. The Morgan fingerprint density at radius 3 is 2.42 bits per heavy atom. The Labute approximate surface area is 161 Å². The minimum absolute atomic E-state index is 0. The van der Waals surface area contributed by atoms with Crippen LogP contribution in [0.5, 0.6) is 0 Å². The highest BCUT2D eigenvalue weighted by molar-refractivity contribution is 14.0. The van der Waals surface area contributed by atoms with Crippen LogP contribution in [-0.4, -0.2) is 27.4 Å². The van der Waals surface area contributed by atoms with Gasteiger partial charge in [0.15, 0.2) is 5.96 Å². The van der Waals surface area contributed by atoms with Gasteiger partial charge in [0.1, 0.15) is 0 Å². The van der Waals surface area contributed by atoms with Gasteiger partial charge < -0.3 is 15.2 Å². The lowest BCUT2D eigenvalue weighted by Crippen LogP contribution is -2.36. The Kier molecular flexibility index (Phi) is 8.30. The minimum Gasteiger partial charge on any atom is -0.357 e. The summed E-state index contributed by atoms with van der Waals surface area (Å²) in [5.41, 5.74) is 4.98. The Morgan fingerprint density at radius 1 is 1.17 bits per heavy atom. The fourth-order valence-corrected chi connectivity index (χ4v) is 2.84. The first-order chi connectivity index (χ1) is 11.1. The van der Waals surface area contributed by atoms with Gasteiger partial charge in [0.2, 0.25) is 0 Å². The molecule has 6 nitrogen and oxygen atoms in total. The first kappa shape index (κ1) is 20.5. The van der Waals surface area contributed by atoms with Crippen molar-refractivity contribution >= 4 is 29.9 Å². The van der Waals surface area contributed by atoms with E-state index < -0.39 is 0 Å². The molecule has 0 aliphatic rings. The van der Waals surface area contributed by atoms with Gasteiger partial charge in [0.05, 0.1) is 5.69 Å². The molecule has 2 heterocycles. The fraction of sp³-hybridized carbons (Fsp3) is 0.529. The van der Waals surface area contributed by atoms with E-state index >= 15 is 0 Å². The molecule has 0 bridgehead atoms. The van der Waals surface area contributed by atoms with E-state index in [-0.39, 0.29) is 24.0 Å². The number of hydrogen-bond donors (Lipinski definition) is 2. The fourth-order valence-electron chi connectivity index (χ4n) is 2.84. The standard InChI is InChI=1S/C17H28N6.HI/c1-6-15-14(16(7-2)23(5)21-15)11-20-17(18-3)19-10-13-8-9-22(4)12-13;/h8-9,12H,6-7,10-11H2,1-5H3,(H2,18,19,20);1H. The molecule has 2 aromatic heterocycles. The third kappa shape index (κ3) is 4.99. The van der Waals surface area contributed by atoms with Crippen molar-refractivity contribution in [3.8, 4) is 0 Å². The highest BCUT2D eigenvalue weighted by Gasteiger charge is 2.13. The predicted octanol–water partition coefficient (Wildman–Crippen LogP) is 2.37. The second kappa shape index (κ2) is 9.71. The number of nitrogens with zero attached hydrogens (tertiary/aromatic N) is 4. The average molecular weight is 444 g/mol.